The Morgan fingerprint density at radius 1 is 0.356 bits per heavy atom. The lowest BCUT2D eigenvalue weighted by molar-refractivity contribution is 1.26. The molecule has 0 unspecified atom stereocenters. The molecule has 0 heteroatoms. The van der Waals surface area contributed by atoms with Crippen molar-refractivity contribution in [2.75, 3.05) is 0 Å². The number of hydrogen-bond donors (Lipinski definition) is 0. The van der Waals surface area contributed by atoms with Gasteiger partial charge < -0.3 is 0 Å². The van der Waals surface area contributed by atoms with E-state index in [0.29, 0.717) is 28.7 Å². The van der Waals surface area contributed by atoms with Crippen LogP contribution in [0.4, 0.5) is 0 Å². The Morgan fingerprint density at radius 3 is 1.44 bits per heavy atom. The standard InChI is InChI=1S/C45H30/c1-3-14-30(15-4-1)32-18-11-19-33(28-32)36-26-12-20-34-29-35-21-13-27-41(44(35)43(34)36)45-39-24-9-7-22-37(39)42(31-16-5-2-6-17-31)38-23-8-10-25-40(38)45/h1-28H,29H2/i7D,8D,9D,10D,22D,23D,24D,25D. The summed E-state index contributed by atoms with van der Waals surface area (Å²) >= 11 is 0. The van der Waals surface area contributed by atoms with E-state index in [9.17, 15) is 5.48 Å². The van der Waals surface area contributed by atoms with Crippen LogP contribution in [0.2, 0.25) is 0 Å². The third-order valence-electron chi connectivity index (χ3n) is 8.92. The average Bonchev–Trinajstić information content (AvgIpc) is 3.59. The highest BCUT2D eigenvalue weighted by atomic mass is 14.3. The minimum Gasteiger partial charge on any atom is -0.0622 e. The van der Waals surface area contributed by atoms with Gasteiger partial charge in [-0.3, -0.25) is 0 Å². The van der Waals surface area contributed by atoms with Gasteiger partial charge in [-0.1, -0.05) is 164 Å². The monoisotopic (exact) mass is 578 g/mol. The van der Waals surface area contributed by atoms with Crippen molar-refractivity contribution in [3.8, 4) is 55.6 Å². The molecule has 45 heavy (non-hydrogen) atoms. The Balaban J connectivity index is 1.46. The van der Waals surface area contributed by atoms with E-state index in [4.69, 9.17) is 5.48 Å². The summed E-state index contributed by atoms with van der Waals surface area (Å²) in [7, 11) is 0. The van der Waals surface area contributed by atoms with Gasteiger partial charge in [-0.25, -0.2) is 0 Å². The predicted molar refractivity (Wildman–Crippen MR) is 191 cm³/mol. The zero-order chi connectivity index (χ0) is 36.7. The van der Waals surface area contributed by atoms with Crippen molar-refractivity contribution in [1.29, 1.82) is 0 Å². The molecular formula is C45H30. The van der Waals surface area contributed by atoms with E-state index in [2.05, 4.69) is 60.7 Å². The van der Waals surface area contributed by atoms with Crippen LogP contribution in [0.3, 0.4) is 0 Å². The van der Waals surface area contributed by atoms with Gasteiger partial charge in [-0.2, -0.15) is 0 Å². The molecule has 0 bridgehead atoms. The lowest BCUT2D eigenvalue weighted by Crippen LogP contribution is -1.94. The molecule has 8 aromatic carbocycles. The molecule has 0 saturated heterocycles. The van der Waals surface area contributed by atoms with E-state index in [-0.39, 0.29) is 45.7 Å². The normalized spacial score (nSPS) is 14.4. The first-order valence-corrected chi connectivity index (χ1v) is 15.1. The second-order valence-electron chi connectivity index (χ2n) is 11.4. The zero-order valence-corrected chi connectivity index (χ0v) is 24.3. The van der Waals surface area contributed by atoms with Gasteiger partial charge in [0.2, 0.25) is 0 Å². The van der Waals surface area contributed by atoms with Crippen molar-refractivity contribution in [1.82, 2.24) is 0 Å². The van der Waals surface area contributed by atoms with Crippen molar-refractivity contribution in [2.24, 2.45) is 0 Å². The first-order valence-electron chi connectivity index (χ1n) is 19.1. The molecule has 0 aliphatic heterocycles. The maximum absolute atomic E-state index is 9.41. The topological polar surface area (TPSA) is 0 Å². The summed E-state index contributed by atoms with van der Waals surface area (Å²) in [5.74, 6) is 0. The summed E-state index contributed by atoms with van der Waals surface area (Å²) in [4.78, 5) is 0. The van der Waals surface area contributed by atoms with Gasteiger partial charge in [0.15, 0.2) is 0 Å². The van der Waals surface area contributed by atoms with Gasteiger partial charge >= 0.3 is 0 Å². The van der Waals surface area contributed by atoms with Crippen molar-refractivity contribution >= 4 is 21.5 Å². The molecule has 210 valence electrons. The number of benzene rings is 8. The molecule has 0 saturated carbocycles. The smallest absolute Gasteiger partial charge is 0.0622 e. The van der Waals surface area contributed by atoms with Gasteiger partial charge in [-0.05, 0) is 101 Å². The second-order valence-corrected chi connectivity index (χ2v) is 11.4. The largest absolute Gasteiger partial charge is 0.0629 e. The van der Waals surface area contributed by atoms with Crippen LogP contribution in [-0.4, -0.2) is 0 Å². The minimum atomic E-state index is -0.408. The lowest BCUT2D eigenvalue weighted by atomic mass is 9.82. The summed E-state index contributed by atoms with van der Waals surface area (Å²) in [6, 6.07) is 37.2. The van der Waals surface area contributed by atoms with Crippen molar-refractivity contribution in [2.45, 2.75) is 6.42 Å². The number of fused-ring (bicyclic) bond motifs is 5. The summed E-state index contributed by atoms with van der Waals surface area (Å²) in [5.41, 5.74) is 10.2. The van der Waals surface area contributed by atoms with Gasteiger partial charge in [0.05, 0.1) is 11.0 Å². The molecule has 0 atom stereocenters. The van der Waals surface area contributed by atoms with Crippen molar-refractivity contribution < 1.29 is 11.0 Å². The second kappa shape index (κ2) is 10.5. The molecule has 0 heterocycles. The Kier molecular flexibility index (Phi) is 4.38. The van der Waals surface area contributed by atoms with Gasteiger partial charge in [0.1, 0.15) is 0 Å². The van der Waals surface area contributed by atoms with E-state index in [0.717, 1.165) is 44.5 Å². The fourth-order valence-corrected chi connectivity index (χ4v) is 7.02. The molecule has 0 N–H and O–H groups in total. The SMILES string of the molecule is [2H]c1c([2H])c([2H])c2c(-c3cccc4c3-c3c(cccc3-c3cccc(-c5ccccc5)c3)C4)c3c([2H])c([2H])c([2H])c([2H])c3c(-c3ccccc3)c2c1[2H]. The Hall–Kier alpha value is -5.72. The Morgan fingerprint density at radius 2 is 0.822 bits per heavy atom. The Labute approximate surface area is 275 Å². The van der Waals surface area contributed by atoms with Crippen LogP contribution < -0.4 is 0 Å². The van der Waals surface area contributed by atoms with E-state index in [1.54, 1.807) is 0 Å². The van der Waals surface area contributed by atoms with Crippen LogP contribution >= 0.6 is 0 Å². The molecule has 0 spiro atoms. The molecule has 9 rings (SSSR count). The maximum Gasteiger partial charge on any atom is 0.0629 e. The average molecular weight is 579 g/mol. The highest BCUT2D eigenvalue weighted by Gasteiger charge is 2.27. The van der Waals surface area contributed by atoms with E-state index >= 15 is 0 Å². The van der Waals surface area contributed by atoms with Crippen LogP contribution in [0.25, 0.3) is 77.2 Å². The van der Waals surface area contributed by atoms with Crippen LogP contribution in [-0.2, 0) is 6.42 Å². The molecule has 0 aromatic heterocycles. The molecule has 0 amide bonds. The summed E-state index contributed by atoms with van der Waals surface area (Å²) < 4.78 is 72.6. The molecular weight excluding hydrogens is 540 g/mol. The highest BCUT2D eigenvalue weighted by molar-refractivity contribution is 6.23. The molecule has 8 aromatic rings. The number of rotatable bonds is 4. The molecule has 1 aliphatic carbocycles. The maximum atomic E-state index is 9.41. The van der Waals surface area contributed by atoms with E-state index in [1.165, 1.54) is 0 Å². The van der Waals surface area contributed by atoms with Gasteiger partial charge in [0, 0.05) is 0 Å². The van der Waals surface area contributed by atoms with Crippen LogP contribution in [0.15, 0.2) is 170 Å². The lowest BCUT2D eigenvalue weighted by Gasteiger charge is -2.20. The van der Waals surface area contributed by atoms with Crippen LogP contribution in [0.5, 0.6) is 0 Å². The minimum absolute atomic E-state index is 0.217. The first kappa shape index (κ1) is 18.8. The third kappa shape index (κ3) is 4.14. The number of hydrogen-bond acceptors (Lipinski definition) is 0. The molecule has 0 nitrogen and oxygen atoms in total. The summed E-state index contributed by atoms with van der Waals surface area (Å²) in [5, 5.41) is 0.874. The van der Waals surface area contributed by atoms with Gasteiger partial charge in [0.25, 0.3) is 0 Å². The van der Waals surface area contributed by atoms with Crippen LogP contribution in [0.1, 0.15) is 22.1 Å². The van der Waals surface area contributed by atoms with Gasteiger partial charge in [-0.15, -0.1) is 0 Å². The third-order valence-corrected chi connectivity index (χ3v) is 8.92. The van der Waals surface area contributed by atoms with Crippen LogP contribution in [0, 0.1) is 0 Å². The molecule has 0 fully saturated rings. The fourth-order valence-electron chi connectivity index (χ4n) is 7.02. The quantitative estimate of drug-likeness (QED) is 0.182. The predicted octanol–water partition coefficient (Wildman–Crippen LogP) is 12.2. The molecule has 0 radical (unpaired) electrons. The molecule has 1 aliphatic rings. The highest BCUT2D eigenvalue weighted by Crippen LogP contribution is 2.51. The summed E-state index contributed by atoms with van der Waals surface area (Å²) in [6.45, 7) is 0. The zero-order valence-electron chi connectivity index (χ0n) is 32.3. The van der Waals surface area contributed by atoms with Crippen molar-refractivity contribution in [3.63, 3.8) is 0 Å². The van der Waals surface area contributed by atoms with Crippen molar-refractivity contribution in [3.05, 3.63) is 181 Å². The van der Waals surface area contributed by atoms with E-state index < -0.39 is 24.2 Å². The summed E-state index contributed by atoms with van der Waals surface area (Å²) in [6.07, 6.45) is 0.638. The first-order chi connectivity index (χ1) is 25.7. The Bertz CT molecular complexity index is 2750. The fraction of sp³-hybridized carbons (Fsp3) is 0.0222. The van der Waals surface area contributed by atoms with E-state index in [1.807, 2.05) is 60.7 Å².